The van der Waals surface area contributed by atoms with Gasteiger partial charge >= 0.3 is 12.2 Å². The Morgan fingerprint density at radius 1 is 0.869 bits per heavy atom. The molecular weight excluding hydrogens is 777 g/mol. The topological polar surface area (TPSA) is 184 Å². The van der Waals surface area contributed by atoms with Gasteiger partial charge < -0.3 is 44.6 Å². The first-order valence-corrected chi connectivity index (χ1v) is 21.4. The van der Waals surface area contributed by atoms with Crippen LogP contribution in [0.1, 0.15) is 94.6 Å². The molecule has 2 aromatic heterocycles. The van der Waals surface area contributed by atoms with E-state index in [1.165, 1.54) is 14.2 Å². The van der Waals surface area contributed by atoms with Crippen molar-refractivity contribution in [2.24, 2.45) is 11.3 Å². The van der Waals surface area contributed by atoms with E-state index in [-0.39, 0.29) is 35.2 Å². The molecule has 15 nitrogen and oxygen atoms in total. The fraction of sp³-hybridized carbons (Fsp3) is 0.478. The second kappa shape index (κ2) is 17.9. The number of nitrogens with one attached hydrogen (secondary N) is 4. The van der Waals surface area contributed by atoms with Crippen LogP contribution >= 0.6 is 0 Å². The number of imidazole rings is 2. The number of aromatic amines is 2. The summed E-state index contributed by atoms with van der Waals surface area (Å²) in [5.74, 6) is 1.10. The smallest absolute Gasteiger partial charge is 0.407 e. The Kier molecular flexibility index (Phi) is 12.3. The molecule has 5 heterocycles. The molecule has 15 heteroatoms. The summed E-state index contributed by atoms with van der Waals surface area (Å²) in [4.78, 5) is 72.7. The van der Waals surface area contributed by atoms with Gasteiger partial charge in [-0.25, -0.2) is 19.6 Å². The summed E-state index contributed by atoms with van der Waals surface area (Å²) in [5.41, 5.74) is 6.58. The van der Waals surface area contributed by atoms with E-state index < -0.39 is 24.3 Å². The quantitative estimate of drug-likeness (QED) is 0.133. The number of rotatable bonds is 8. The molecule has 322 valence electrons. The van der Waals surface area contributed by atoms with Crippen LogP contribution in [0, 0.1) is 11.3 Å². The van der Waals surface area contributed by atoms with E-state index in [9.17, 15) is 19.2 Å². The van der Waals surface area contributed by atoms with Gasteiger partial charge in [0.05, 0.1) is 62.8 Å². The van der Waals surface area contributed by atoms with Gasteiger partial charge in [0.2, 0.25) is 11.8 Å². The molecule has 8 rings (SSSR count). The Balaban J connectivity index is 0.993. The Morgan fingerprint density at radius 2 is 1.57 bits per heavy atom. The average molecular weight is 833 g/mol. The van der Waals surface area contributed by atoms with Gasteiger partial charge in [-0.15, -0.1) is 0 Å². The van der Waals surface area contributed by atoms with Gasteiger partial charge in [-0.3, -0.25) is 9.59 Å². The van der Waals surface area contributed by atoms with Crippen LogP contribution in [-0.4, -0.2) is 99.7 Å². The van der Waals surface area contributed by atoms with Crippen LogP contribution < -0.4 is 10.6 Å². The zero-order valence-corrected chi connectivity index (χ0v) is 35.4. The van der Waals surface area contributed by atoms with Gasteiger partial charge in [0, 0.05) is 18.7 Å². The van der Waals surface area contributed by atoms with Crippen molar-refractivity contribution in [2.45, 2.75) is 96.0 Å². The number of carbonyl (C=O) groups is 4. The van der Waals surface area contributed by atoms with E-state index >= 15 is 0 Å². The van der Waals surface area contributed by atoms with Crippen molar-refractivity contribution in [1.82, 2.24) is 40.4 Å². The average Bonchev–Trinajstić information content (AvgIpc) is 3.76. The maximum Gasteiger partial charge on any atom is 0.407 e. The highest BCUT2D eigenvalue weighted by molar-refractivity contribution is 5.87. The van der Waals surface area contributed by atoms with Crippen LogP contribution in [0.4, 0.5) is 9.59 Å². The summed E-state index contributed by atoms with van der Waals surface area (Å²) in [5, 5.41) is 5.51. The Bertz CT molecular complexity index is 2240. The number of allylic oxidation sites excluding steroid dienone is 1. The summed E-state index contributed by atoms with van der Waals surface area (Å²) in [6.07, 6.45) is 11.2. The lowest BCUT2D eigenvalue weighted by Gasteiger charge is -2.30. The van der Waals surface area contributed by atoms with Gasteiger partial charge in [-0.2, -0.15) is 0 Å². The summed E-state index contributed by atoms with van der Waals surface area (Å²) in [6, 6.07) is 14.8. The van der Waals surface area contributed by atoms with Crippen LogP contribution in [-0.2, 0) is 30.4 Å². The molecule has 4 amide bonds. The molecule has 1 spiro atoms. The van der Waals surface area contributed by atoms with Gasteiger partial charge in [-0.1, -0.05) is 74.5 Å². The first-order valence-electron chi connectivity index (χ1n) is 21.4. The minimum atomic E-state index is -0.695. The summed E-state index contributed by atoms with van der Waals surface area (Å²) in [7, 11) is 2.61. The molecule has 4 aliphatic rings. The molecule has 1 aliphatic carbocycles. The highest BCUT2D eigenvalue weighted by Gasteiger charge is 2.55. The first-order chi connectivity index (χ1) is 29.6. The lowest BCUT2D eigenvalue weighted by molar-refractivity contribution is -0.136. The molecule has 0 radical (unpaired) electrons. The predicted molar refractivity (Wildman–Crippen MR) is 228 cm³/mol. The van der Waals surface area contributed by atoms with Crippen molar-refractivity contribution in [1.29, 1.82) is 0 Å². The van der Waals surface area contributed by atoms with Crippen LogP contribution in [0.25, 0.3) is 33.6 Å². The van der Waals surface area contributed by atoms with Crippen molar-refractivity contribution in [3.05, 3.63) is 84.2 Å². The predicted octanol–water partition coefficient (Wildman–Crippen LogP) is 7.21. The maximum absolute atomic E-state index is 14.2. The molecule has 3 fully saturated rings. The number of carbonyl (C=O) groups excluding carboxylic acids is 4. The van der Waals surface area contributed by atoms with Gasteiger partial charge in [0.1, 0.15) is 23.7 Å². The third-order valence-electron chi connectivity index (χ3n) is 12.7. The summed E-state index contributed by atoms with van der Waals surface area (Å²) < 4.78 is 15.8. The number of aromatic nitrogens is 4. The summed E-state index contributed by atoms with van der Waals surface area (Å²) in [6.45, 7) is 5.81. The number of fused-ring (bicyclic) bond motifs is 4. The van der Waals surface area contributed by atoms with E-state index in [2.05, 4.69) is 75.2 Å². The minimum absolute atomic E-state index is 0.0886. The number of likely N-dealkylation sites (tertiary alicyclic amines) is 1. The fourth-order valence-electron chi connectivity index (χ4n) is 9.02. The molecule has 4 aromatic rings. The lowest BCUT2D eigenvalue weighted by Crippen LogP contribution is -2.51. The SMILES string of the molecule is COC(=O)N[C@H]1CCCC=CCOCc2[nH]c(nc2-c2ccc(-c3ccc(-c4cnc([C@@H]5CCCN5C(=O)[C@@H](NC(=O)OC)C(C)C)[nH]4)cc3)cc2)[C@@H]2CC3(CC3)CN2C1=O. The normalized spacial score (nSPS) is 21.7. The number of alkyl carbamates (subject to hydrolysis) is 2. The van der Waals surface area contributed by atoms with Gasteiger partial charge in [-0.05, 0) is 79.4 Å². The van der Waals surface area contributed by atoms with E-state index in [1.807, 2.05) is 29.7 Å². The van der Waals surface area contributed by atoms with Crippen molar-refractivity contribution in [3.8, 4) is 33.6 Å². The number of methoxy groups -OCH3 is 2. The van der Waals surface area contributed by atoms with Crippen molar-refractivity contribution in [2.75, 3.05) is 33.9 Å². The van der Waals surface area contributed by atoms with Crippen LogP contribution in [0.15, 0.2) is 66.9 Å². The number of ether oxygens (including phenoxy) is 3. The Labute approximate surface area is 356 Å². The number of nitrogens with zero attached hydrogens (tertiary/aromatic N) is 4. The molecule has 3 aliphatic heterocycles. The zero-order valence-electron chi connectivity index (χ0n) is 35.4. The van der Waals surface area contributed by atoms with Crippen LogP contribution in [0.3, 0.4) is 0 Å². The van der Waals surface area contributed by atoms with Gasteiger partial charge in [0.15, 0.2) is 0 Å². The molecule has 2 bridgehead atoms. The Hall–Kier alpha value is -5.96. The molecule has 4 atom stereocenters. The molecule has 61 heavy (non-hydrogen) atoms. The largest absolute Gasteiger partial charge is 0.453 e. The van der Waals surface area contributed by atoms with Gasteiger partial charge in [0.25, 0.3) is 0 Å². The second-order valence-corrected chi connectivity index (χ2v) is 17.1. The molecule has 1 saturated carbocycles. The second-order valence-electron chi connectivity index (χ2n) is 17.1. The molecule has 2 saturated heterocycles. The Morgan fingerprint density at radius 3 is 2.26 bits per heavy atom. The molecule has 2 aromatic carbocycles. The third kappa shape index (κ3) is 9.07. The van der Waals surface area contributed by atoms with Crippen LogP contribution in [0.2, 0.25) is 0 Å². The van der Waals surface area contributed by atoms with Crippen LogP contribution in [0.5, 0.6) is 0 Å². The van der Waals surface area contributed by atoms with E-state index in [0.717, 1.165) is 95.9 Å². The third-order valence-corrected chi connectivity index (χ3v) is 12.7. The van der Waals surface area contributed by atoms with E-state index in [4.69, 9.17) is 24.2 Å². The lowest BCUT2D eigenvalue weighted by atomic mass is 10.0. The number of hydrogen-bond acceptors (Lipinski definition) is 9. The number of benzene rings is 2. The van der Waals surface area contributed by atoms with Crippen molar-refractivity contribution in [3.63, 3.8) is 0 Å². The number of H-pyrrole nitrogens is 2. The number of amides is 4. The van der Waals surface area contributed by atoms with E-state index in [1.54, 1.807) is 6.20 Å². The molecule has 4 N–H and O–H groups in total. The highest BCUT2D eigenvalue weighted by atomic mass is 16.5. The van der Waals surface area contributed by atoms with E-state index in [0.29, 0.717) is 32.7 Å². The number of hydrogen-bond donors (Lipinski definition) is 4. The monoisotopic (exact) mass is 832 g/mol. The molecular formula is C46H56N8O7. The zero-order chi connectivity index (χ0) is 42.7. The maximum atomic E-state index is 14.2. The highest BCUT2D eigenvalue weighted by Crippen LogP contribution is 2.58. The summed E-state index contributed by atoms with van der Waals surface area (Å²) >= 11 is 0. The minimum Gasteiger partial charge on any atom is -0.453 e. The first kappa shape index (κ1) is 41.8. The van der Waals surface area contributed by atoms with Crippen molar-refractivity contribution < 1.29 is 33.4 Å². The molecule has 0 unspecified atom stereocenters. The van der Waals surface area contributed by atoms with Crippen molar-refractivity contribution >= 4 is 24.0 Å². The fourth-order valence-corrected chi connectivity index (χ4v) is 9.02. The standard InChI is InChI=1S/C46H56N8O7/c1-28(2)38(52-45(58)60-4)43(56)53-22-9-11-36(53)40-47-25-34(48-40)31-16-12-29(13-17-31)30-14-18-32(19-15-30)39-35-26-61-23-8-6-5-7-10-33(50-44(57)59-3)42(55)54-27-46(20-21-46)24-37(54)41(49-35)51-39/h6,8,12-19,25,28,33,36-38H,5,7,9-11,20-24,26-27H2,1-4H3,(H,47,48)(H,49,51)(H,50,57)(H,52,58)/t33-,36-,37-,38-/m0/s1.